The highest BCUT2D eigenvalue weighted by molar-refractivity contribution is 5.29. The van der Waals surface area contributed by atoms with E-state index in [0.29, 0.717) is 6.10 Å². The van der Waals surface area contributed by atoms with Gasteiger partial charge in [-0.15, -0.1) is 0 Å². The van der Waals surface area contributed by atoms with E-state index < -0.39 is 0 Å². The Morgan fingerprint density at radius 1 is 1.36 bits per heavy atom. The first-order chi connectivity index (χ1) is 5.40. The first-order valence-corrected chi connectivity index (χ1v) is 3.66. The van der Waals surface area contributed by atoms with Gasteiger partial charge in [-0.25, -0.2) is 0 Å². The second kappa shape index (κ2) is 2.55. The SMILES string of the molecule is COc1ccc([C@@H]2CO2)cc1. The van der Waals surface area contributed by atoms with Gasteiger partial charge < -0.3 is 9.47 Å². The van der Waals surface area contributed by atoms with E-state index in [2.05, 4.69) is 0 Å². The predicted octanol–water partition coefficient (Wildman–Crippen LogP) is 1.77. The highest BCUT2D eigenvalue weighted by Crippen LogP contribution is 2.30. The molecule has 0 amide bonds. The zero-order valence-corrected chi connectivity index (χ0v) is 6.41. The van der Waals surface area contributed by atoms with Crippen LogP contribution in [0.25, 0.3) is 0 Å². The molecule has 1 aliphatic rings. The molecule has 0 unspecified atom stereocenters. The molecule has 1 aromatic rings. The number of hydrogen-bond donors (Lipinski definition) is 0. The number of ether oxygens (including phenoxy) is 2. The van der Waals surface area contributed by atoms with Gasteiger partial charge in [0.2, 0.25) is 0 Å². The molecule has 0 bridgehead atoms. The van der Waals surface area contributed by atoms with Gasteiger partial charge in [0, 0.05) is 0 Å². The summed E-state index contributed by atoms with van der Waals surface area (Å²) in [6, 6.07) is 7.99. The summed E-state index contributed by atoms with van der Waals surface area (Å²) in [6.07, 6.45) is 0.348. The van der Waals surface area contributed by atoms with Crippen LogP contribution in [-0.4, -0.2) is 13.7 Å². The summed E-state index contributed by atoms with van der Waals surface area (Å²) in [5.74, 6) is 0.898. The molecule has 1 atom stereocenters. The maximum Gasteiger partial charge on any atom is 0.118 e. The van der Waals surface area contributed by atoms with E-state index in [9.17, 15) is 0 Å². The summed E-state index contributed by atoms with van der Waals surface area (Å²) in [4.78, 5) is 0. The minimum atomic E-state index is 0.348. The molecule has 0 aliphatic carbocycles. The number of hydrogen-bond acceptors (Lipinski definition) is 2. The van der Waals surface area contributed by atoms with Crippen molar-refractivity contribution >= 4 is 0 Å². The predicted molar refractivity (Wildman–Crippen MR) is 41.7 cm³/mol. The first kappa shape index (κ1) is 6.68. The molecule has 0 aromatic heterocycles. The Labute approximate surface area is 65.7 Å². The van der Waals surface area contributed by atoms with Crippen LogP contribution in [0.3, 0.4) is 0 Å². The molecule has 2 heteroatoms. The van der Waals surface area contributed by atoms with Crippen molar-refractivity contribution in [2.45, 2.75) is 6.10 Å². The molecule has 11 heavy (non-hydrogen) atoms. The van der Waals surface area contributed by atoms with Crippen LogP contribution in [0.2, 0.25) is 0 Å². The van der Waals surface area contributed by atoms with E-state index in [4.69, 9.17) is 9.47 Å². The summed E-state index contributed by atoms with van der Waals surface area (Å²) in [7, 11) is 1.67. The number of methoxy groups -OCH3 is 1. The summed E-state index contributed by atoms with van der Waals surface area (Å²) >= 11 is 0. The Kier molecular flexibility index (Phi) is 1.55. The summed E-state index contributed by atoms with van der Waals surface area (Å²) in [5.41, 5.74) is 1.24. The standard InChI is InChI=1S/C9H10O2/c1-10-8-4-2-7(3-5-8)9-6-11-9/h2-5,9H,6H2,1H3/t9-/m0/s1. The highest BCUT2D eigenvalue weighted by Gasteiger charge is 2.24. The summed E-state index contributed by atoms with van der Waals surface area (Å²) in [5, 5.41) is 0. The molecule has 0 spiro atoms. The lowest BCUT2D eigenvalue weighted by molar-refractivity contribution is 0.409. The van der Waals surface area contributed by atoms with E-state index in [1.54, 1.807) is 7.11 Å². The molecule has 1 saturated heterocycles. The Morgan fingerprint density at radius 2 is 2.00 bits per heavy atom. The third kappa shape index (κ3) is 1.35. The van der Waals surface area contributed by atoms with Crippen molar-refractivity contribution in [2.75, 3.05) is 13.7 Å². The van der Waals surface area contributed by atoms with Gasteiger partial charge in [-0.3, -0.25) is 0 Å². The molecule has 0 radical (unpaired) electrons. The molecule has 1 aliphatic heterocycles. The maximum absolute atomic E-state index is 5.13. The average molecular weight is 150 g/mol. The van der Waals surface area contributed by atoms with Gasteiger partial charge in [-0.1, -0.05) is 12.1 Å². The molecule has 0 saturated carbocycles. The van der Waals surface area contributed by atoms with Crippen LogP contribution in [-0.2, 0) is 4.74 Å². The van der Waals surface area contributed by atoms with Crippen molar-refractivity contribution in [3.63, 3.8) is 0 Å². The minimum absolute atomic E-state index is 0.348. The van der Waals surface area contributed by atoms with Gasteiger partial charge in [-0.05, 0) is 17.7 Å². The van der Waals surface area contributed by atoms with Crippen LogP contribution < -0.4 is 4.74 Å². The van der Waals surface area contributed by atoms with Crippen LogP contribution in [0.4, 0.5) is 0 Å². The Morgan fingerprint density at radius 3 is 2.45 bits per heavy atom. The normalized spacial score (nSPS) is 21.4. The minimum Gasteiger partial charge on any atom is -0.497 e. The van der Waals surface area contributed by atoms with Crippen LogP contribution in [0.15, 0.2) is 24.3 Å². The molecule has 2 rings (SSSR count). The second-order valence-corrected chi connectivity index (χ2v) is 2.60. The van der Waals surface area contributed by atoms with Crippen molar-refractivity contribution in [1.82, 2.24) is 0 Å². The van der Waals surface area contributed by atoms with Crippen molar-refractivity contribution < 1.29 is 9.47 Å². The Balaban J connectivity index is 2.19. The third-order valence-electron chi connectivity index (χ3n) is 1.82. The lowest BCUT2D eigenvalue weighted by Gasteiger charge is -1.99. The van der Waals surface area contributed by atoms with Crippen LogP contribution in [0.1, 0.15) is 11.7 Å². The average Bonchev–Trinajstić information content (AvgIpc) is 2.87. The number of benzene rings is 1. The van der Waals surface area contributed by atoms with E-state index in [-0.39, 0.29) is 0 Å². The molecule has 1 heterocycles. The summed E-state index contributed by atoms with van der Waals surface area (Å²) < 4.78 is 10.2. The first-order valence-electron chi connectivity index (χ1n) is 3.66. The van der Waals surface area contributed by atoms with Gasteiger partial charge in [0.05, 0.1) is 13.7 Å². The van der Waals surface area contributed by atoms with Gasteiger partial charge >= 0.3 is 0 Å². The molecule has 1 aromatic carbocycles. The monoisotopic (exact) mass is 150 g/mol. The molecule has 58 valence electrons. The number of rotatable bonds is 2. The van der Waals surface area contributed by atoms with E-state index >= 15 is 0 Å². The maximum atomic E-state index is 5.13. The van der Waals surface area contributed by atoms with E-state index in [0.717, 1.165) is 12.4 Å². The Hall–Kier alpha value is -1.02. The zero-order chi connectivity index (χ0) is 7.68. The fourth-order valence-electron chi connectivity index (χ4n) is 1.06. The molecule has 2 nitrogen and oxygen atoms in total. The number of epoxide rings is 1. The molecule has 0 N–H and O–H groups in total. The van der Waals surface area contributed by atoms with Gasteiger partial charge in [-0.2, -0.15) is 0 Å². The fourth-order valence-corrected chi connectivity index (χ4v) is 1.06. The smallest absolute Gasteiger partial charge is 0.118 e. The lowest BCUT2D eigenvalue weighted by Crippen LogP contribution is -1.83. The van der Waals surface area contributed by atoms with Gasteiger partial charge in [0.1, 0.15) is 11.9 Å². The Bertz CT molecular complexity index is 236. The van der Waals surface area contributed by atoms with Crippen LogP contribution >= 0.6 is 0 Å². The van der Waals surface area contributed by atoms with Crippen molar-refractivity contribution in [1.29, 1.82) is 0 Å². The van der Waals surface area contributed by atoms with Gasteiger partial charge in [0.15, 0.2) is 0 Å². The van der Waals surface area contributed by atoms with Crippen LogP contribution in [0, 0.1) is 0 Å². The molecular weight excluding hydrogens is 140 g/mol. The van der Waals surface area contributed by atoms with Crippen molar-refractivity contribution in [3.05, 3.63) is 29.8 Å². The third-order valence-corrected chi connectivity index (χ3v) is 1.82. The summed E-state index contributed by atoms with van der Waals surface area (Å²) in [6.45, 7) is 0.867. The molecule has 1 fully saturated rings. The van der Waals surface area contributed by atoms with E-state index in [1.165, 1.54) is 5.56 Å². The van der Waals surface area contributed by atoms with E-state index in [1.807, 2.05) is 24.3 Å². The quantitative estimate of drug-likeness (QED) is 0.599. The lowest BCUT2D eigenvalue weighted by atomic mass is 10.2. The van der Waals surface area contributed by atoms with Gasteiger partial charge in [0.25, 0.3) is 0 Å². The largest absolute Gasteiger partial charge is 0.497 e. The highest BCUT2D eigenvalue weighted by atomic mass is 16.6. The van der Waals surface area contributed by atoms with Crippen LogP contribution in [0.5, 0.6) is 5.75 Å². The fraction of sp³-hybridized carbons (Fsp3) is 0.333. The zero-order valence-electron chi connectivity index (χ0n) is 6.41. The van der Waals surface area contributed by atoms with Crippen molar-refractivity contribution in [2.24, 2.45) is 0 Å². The molecular formula is C9H10O2. The topological polar surface area (TPSA) is 21.8 Å². The van der Waals surface area contributed by atoms with Crippen molar-refractivity contribution in [3.8, 4) is 5.75 Å². The second-order valence-electron chi connectivity index (χ2n) is 2.60.